The molecule has 0 spiro atoms. The Kier molecular flexibility index (Phi) is 32.5. The minimum atomic E-state index is 1.09. The van der Waals surface area contributed by atoms with Crippen molar-refractivity contribution in [2.24, 2.45) is 0 Å². The van der Waals surface area contributed by atoms with Crippen LogP contribution in [-0.4, -0.2) is 38.6 Å². The van der Waals surface area contributed by atoms with E-state index in [2.05, 4.69) is 45.1 Å². The van der Waals surface area contributed by atoms with E-state index in [0.29, 0.717) is 0 Å². The molecule has 0 atom stereocenters. The molecule has 13 heavy (non-hydrogen) atoms. The molecule has 0 amide bonds. The molecule has 0 radical (unpaired) electrons. The van der Waals surface area contributed by atoms with Crippen LogP contribution < -0.4 is 5.32 Å². The topological polar surface area (TPSA) is 15.3 Å². The summed E-state index contributed by atoms with van der Waals surface area (Å²) in [5.74, 6) is 0. The summed E-state index contributed by atoms with van der Waals surface area (Å²) < 4.78 is 0. The molecule has 0 aromatic rings. The zero-order chi connectivity index (χ0) is 11.1. The fourth-order valence-corrected chi connectivity index (χ4v) is 0.697. The molecule has 0 rings (SSSR count). The number of hydrogen-bond acceptors (Lipinski definition) is 2. The van der Waals surface area contributed by atoms with E-state index >= 15 is 0 Å². The quantitative estimate of drug-likeness (QED) is 0.733. The van der Waals surface area contributed by atoms with Crippen LogP contribution in [0, 0.1) is 0 Å². The van der Waals surface area contributed by atoms with Crippen LogP contribution >= 0.6 is 0 Å². The summed E-state index contributed by atoms with van der Waals surface area (Å²) in [5.41, 5.74) is 0. The van der Waals surface area contributed by atoms with Crippen molar-refractivity contribution >= 4 is 0 Å². The molecule has 0 aromatic heterocycles. The van der Waals surface area contributed by atoms with Gasteiger partial charge < -0.3 is 10.2 Å². The Morgan fingerprint density at radius 1 is 0.923 bits per heavy atom. The second-order valence-electron chi connectivity index (χ2n) is 2.76. The largest absolute Gasteiger partial charge is 0.317 e. The Balaban J connectivity index is -0.000000131. The summed E-state index contributed by atoms with van der Waals surface area (Å²) >= 11 is 0. The zero-order valence-corrected chi connectivity index (χ0v) is 10.8. The molecule has 0 bridgehead atoms. The second kappa shape index (κ2) is 22.7. The predicted molar refractivity (Wildman–Crippen MR) is 64.4 cm³/mol. The molecule has 0 aliphatic heterocycles. The van der Waals surface area contributed by atoms with Gasteiger partial charge in [0.15, 0.2) is 0 Å². The lowest BCUT2D eigenvalue weighted by molar-refractivity contribution is 0.408. The van der Waals surface area contributed by atoms with E-state index in [0.717, 1.165) is 13.1 Å². The van der Waals surface area contributed by atoms with Crippen molar-refractivity contribution in [2.75, 3.05) is 33.7 Å². The summed E-state index contributed by atoms with van der Waals surface area (Å²) in [7, 11) is 4.17. The first-order chi connectivity index (χ1) is 6.18. The molecule has 2 heteroatoms. The summed E-state index contributed by atoms with van der Waals surface area (Å²) in [6.45, 7) is 13.8. The zero-order valence-electron chi connectivity index (χ0n) is 10.8. The highest BCUT2D eigenvalue weighted by atomic mass is 15.0. The van der Waals surface area contributed by atoms with E-state index in [-0.39, 0.29) is 0 Å². The smallest absolute Gasteiger partial charge is 0.00275 e. The van der Waals surface area contributed by atoms with Crippen molar-refractivity contribution in [1.29, 1.82) is 0 Å². The lowest BCUT2D eigenvalue weighted by Crippen LogP contribution is -2.11. The minimum Gasteiger partial charge on any atom is -0.317 e. The molecule has 1 N–H and O–H groups in total. The van der Waals surface area contributed by atoms with Crippen molar-refractivity contribution in [2.45, 2.75) is 41.0 Å². The standard InChI is InChI=1S/C5H13N.C4H11N.C2H6/c1-4-5-6(2)3;1-3-5-4-2;1-2/h4-5H2,1-3H3;5H,3-4H2,1-2H3;1-2H3. The van der Waals surface area contributed by atoms with Gasteiger partial charge in [0.25, 0.3) is 0 Å². The van der Waals surface area contributed by atoms with E-state index in [1.807, 2.05) is 13.8 Å². The van der Waals surface area contributed by atoms with Crippen LogP contribution in [0.15, 0.2) is 0 Å². The molecule has 0 saturated heterocycles. The fourth-order valence-electron chi connectivity index (χ4n) is 0.697. The van der Waals surface area contributed by atoms with Gasteiger partial charge in [-0.1, -0.05) is 34.6 Å². The summed E-state index contributed by atoms with van der Waals surface area (Å²) in [4.78, 5) is 2.18. The van der Waals surface area contributed by atoms with Crippen molar-refractivity contribution in [1.82, 2.24) is 10.2 Å². The van der Waals surface area contributed by atoms with Gasteiger partial charge in [0.2, 0.25) is 0 Å². The van der Waals surface area contributed by atoms with E-state index in [1.165, 1.54) is 13.0 Å². The molecule has 0 aliphatic rings. The van der Waals surface area contributed by atoms with Gasteiger partial charge in [-0.2, -0.15) is 0 Å². The van der Waals surface area contributed by atoms with Crippen molar-refractivity contribution in [3.8, 4) is 0 Å². The molecule has 0 aromatic carbocycles. The first-order valence-electron chi connectivity index (χ1n) is 5.54. The van der Waals surface area contributed by atoms with Gasteiger partial charge in [0, 0.05) is 0 Å². The van der Waals surface area contributed by atoms with Gasteiger partial charge in [-0.05, 0) is 40.2 Å². The summed E-state index contributed by atoms with van der Waals surface area (Å²) in [6.07, 6.45) is 1.26. The van der Waals surface area contributed by atoms with Gasteiger partial charge in [0.1, 0.15) is 0 Å². The number of nitrogens with one attached hydrogen (secondary N) is 1. The molecular weight excluding hydrogens is 160 g/mol. The van der Waals surface area contributed by atoms with E-state index in [9.17, 15) is 0 Å². The van der Waals surface area contributed by atoms with Crippen LogP contribution in [0.2, 0.25) is 0 Å². The van der Waals surface area contributed by atoms with Gasteiger partial charge in [-0.25, -0.2) is 0 Å². The SMILES string of the molecule is CC.CCCN(C)C.CCNCC. The van der Waals surface area contributed by atoms with Gasteiger partial charge in [-0.3, -0.25) is 0 Å². The van der Waals surface area contributed by atoms with Crippen LogP contribution in [0.25, 0.3) is 0 Å². The molecule has 84 valence electrons. The highest BCUT2D eigenvalue weighted by molar-refractivity contribution is 4.34. The maximum absolute atomic E-state index is 3.11. The Hall–Kier alpha value is -0.0800. The maximum Gasteiger partial charge on any atom is -0.00275 e. The number of rotatable bonds is 4. The monoisotopic (exact) mass is 190 g/mol. The van der Waals surface area contributed by atoms with Crippen molar-refractivity contribution in [3.63, 3.8) is 0 Å². The third kappa shape index (κ3) is 48.5. The first-order valence-corrected chi connectivity index (χ1v) is 5.54. The van der Waals surface area contributed by atoms with Crippen molar-refractivity contribution < 1.29 is 0 Å². The molecule has 0 fully saturated rings. The van der Waals surface area contributed by atoms with Crippen LogP contribution in [0.3, 0.4) is 0 Å². The van der Waals surface area contributed by atoms with E-state index in [1.54, 1.807) is 0 Å². The highest BCUT2D eigenvalue weighted by Gasteiger charge is 1.79. The predicted octanol–water partition coefficient (Wildman–Crippen LogP) is 2.60. The minimum absolute atomic E-state index is 1.09. The summed E-state index contributed by atoms with van der Waals surface area (Å²) in [6, 6.07) is 0. The molecule has 0 aliphatic carbocycles. The van der Waals surface area contributed by atoms with Crippen LogP contribution in [0.1, 0.15) is 41.0 Å². The maximum atomic E-state index is 3.11. The Morgan fingerprint density at radius 3 is 1.31 bits per heavy atom. The highest BCUT2D eigenvalue weighted by Crippen LogP contribution is 1.76. The Bertz CT molecular complexity index is 52.1. The average Bonchev–Trinajstić information content (AvgIpc) is 2.10. The Labute approximate surface area is 85.7 Å². The molecule has 0 saturated carbocycles. The van der Waals surface area contributed by atoms with Gasteiger partial charge >= 0.3 is 0 Å². The third-order valence-electron chi connectivity index (χ3n) is 1.17. The van der Waals surface area contributed by atoms with Crippen LogP contribution in [0.4, 0.5) is 0 Å². The van der Waals surface area contributed by atoms with Crippen LogP contribution in [-0.2, 0) is 0 Å². The first kappa shape index (κ1) is 18.7. The molecule has 2 nitrogen and oxygen atoms in total. The van der Waals surface area contributed by atoms with Crippen LogP contribution in [0.5, 0.6) is 0 Å². The third-order valence-corrected chi connectivity index (χ3v) is 1.17. The second-order valence-corrected chi connectivity index (χ2v) is 2.76. The van der Waals surface area contributed by atoms with E-state index in [4.69, 9.17) is 0 Å². The summed E-state index contributed by atoms with van der Waals surface area (Å²) in [5, 5.41) is 3.11. The van der Waals surface area contributed by atoms with Crippen molar-refractivity contribution in [3.05, 3.63) is 0 Å². The number of hydrogen-bond donors (Lipinski definition) is 1. The van der Waals surface area contributed by atoms with Gasteiger partial charge in [0.05, 0.1) is 0 Å². The molecule has 0 heterocycles. The lowest BCUT2D eigenvalue weighted by Gasteiger charge is -2.03. The van der Waals surface area contributed by atoms with E-state index < -0.39 is 0 Å². The Morgan fingerprint density at radius 2 is 1.31 bits per heavy atom. The number of nitrogens with zero attached hydrogens (tertiary/aromatic N) is 1. The normalized spacial score (nSPS) is 8.31. The molecule has 0 unspecified atom stereocenters. The fraction of sp³-hybridized carbons (Fsp3) is 1.00. The van der Waals surface area contributed by atoms with Gasteiger partial charge in [-0.15, -0.1) is 0 Å². The molecular formula is C11H30N2. The average molecular weight is 190 g/mol. The lowest BCUT2D eigenvalue weighted by atomic mass is 10.5.